The molecule has 21 heavy (non-hydrogen) atoms. The lowest BCUT2D eigenvalue weighted by Gasteiger charge is -2.26. The molecule has 0 spiro atoms. The smallest absolute Gasteiger partial charge is 0.242 e. The van der Waals surface area contributed by atoms with Crippen molar-refractivity contribution in [1.82, 2.24) is 9.80 Å². The molecule has 1 aromatic carbocycles. The van der Waals surface area contributed by atoms with Crippen molar-refractivity contribution < 1.29 is 4.79 Å². The molecule has 2 heterocycles. The summed E-state index contributed by atoms with van der Waals surface area (Å²) >= 11 is 0. The van der Waals surface area contributed by atoms with Gasteiger partial charge in [-0.15, -0.1) is 0 Å². The zero-order chi connectivity index (χ0) is 14.5. The lowest BCUT2D eigenvalue weighted by Crippen LogP contribution is -2.39. The molecule has 2 aliphatic rings. The molecule has 4 nitrogen and oxygen atoms in total. The Morgan fingerprint density at radius 2 is 1.76 bits per heavy atom. The third kappa shape index (κ3) is 3.76. The van der Waals surface area contributed by atoms with Crippen molar-refractivity contribution in [3.05, 3.63) is 29.8 Å². The zero-order valence-electron chi connectivity index (χ0n) is 12.7. The van der Waals surface area contributed by atoms with E-state index in [0.717, 1.165) is 25.3 Å². The second-order valence-electron chi connectivity index (χ2n) is 6.08. The molecule has 4 heteroatoms. The minimum absolute atomic E-state index is 0.209. The summed E-state index contributed by atoms with van der Waals surface area (Å²) in [5.41, 5.74) is 2.32. The SMILES string of the molecule is O=C1CNc2ccccc2CN1CCN1CCCCCC1. The summed E-state index contributed by atoms with van der Waals surface area (Å²) < 4.78 is 0. The minimum Gasteiger partial charge on any atom is -0.376 e. The molecule has 2 aliphatic heterocycles. The number of para-hydroxylation sites is 1. The Labute approximate surface area is 127 Å². The summed E-state index contributed by atoms with van der Waals surface area (Å²) in [6.45, 7) is 5.38. The number of fused-ring (bicyclic) bond motifs is 1. The molecular weight excluding hydrogens is 262 g/mol. The lowest BCUT2D eigenvalue weighted by molar-refractivity contribution is -0.129. The zero-order valence-corrected chi connectivity index (χ0v) is 12.7. The molecule has 1 saturated heterocycles. The highest BCUT2D eigenvalue weighted by Crippen LogP contribution is 2.20. The number of nitrogens with zero attached hydrogens (tertiary/aromatic N) is 2. The maximum absolute atomic E-state index is 12.3. The summed E-state index contributed by atoms with van der Waals surface area (Å²) in [5.74, 6) is 0.209. The van der Waals surface area contributed by atoms with Gasteiger partial charge in [0, 0.05) is 25.3 Å². The summed E-state index contributed by atoms with van der Waals surface area (Å²) in [4.78, 5) is 16.8. The van der Waals surface area contributed by atoms with Crippen molar-refractivity contribution in [2.24, 2.45) is 0 Å². The lowest BCUT2D eigenvalue weighted by atomic mass is 10.1. The fourth-order valence-electron chi connectivity index (χ4n) is 3.23. The van der Waals surface area contributed by atoms with Crippen molar-refractivity contribution in [1.29, 1.82) is 0 Å². The average molecular weight is 287 g/mol. The Morgan fingerprint density at radius 1 is 1.00 bits per heavy atom. The van der Waals surface area contributed by atoms with E-state index in [2.05, 4.69) is 22.3 Å². The van der Waals surface area contributed by atoms with Gasteiger partial charge >= 0.3 is 0 Å². The van der Waals surface area contributed by atoms with Crippen LogP contribution in [0.2, 0.25) is 0 Å². The van der Waals surface area contributed by atoms with Crippen molar-refractivity contribution in [3.8, 4) is 0 Å². The van der Waals surface area contributed by atoms with Gasteiger partial charge in [0.25, 0.3) is 0 Å². The monoisotopic (exact) mass is 287 g/mol. The van der Waals surface area contributed by atoms with Gasteiger partial charge < -0.3 is 15.1 Å². The van der Waals surface area contributed by atoms with Crippen LogP contribution < -0.4 is 5.32 Å². The highest BCUT2D eigenvalue weighted by Gasteiger charge is 2.20. The van der Waals surface area contributed by atoms with Crippen LogP contribution in [0.4, 0.5) is 5.69 Å². The fraction of sp³-hybridized carbons (Fsp3) is 0.588. The van der Waals surface area contributed by atoms with E-state index in [0.29, 0.717) is 6.54 Å². The van der Waals surface area contributed by atoms with Crippen LogP contribution in [0.1, 0.15) is 31.2 Å². The number of carbonyl (C=O) groups excluding carboxylic acids is 1. The molecule has 114 valence electrons. The van der Waals surface area contributed by atoms with E-state index in [4.69, 9.17) is 0 Å². The largest absolute Gasteiger partial charge is 0.376 e. The van der Waals surface area contributed by atoms with Crippen LogP contribution in [-0.2, 0) is 11.3 Å². The van der Waals surface area contributed by atoms with Gasteiger partial charge in [-0.25, -0.2) is 0 Å². The highest BCUT2D eigenvalue weighted by atomic mass is 16.2. The van der Waals surface area contributed by atoms with Gasteiger partial charge in [-0.3, -0.25) is 4.79 Å². The normalized spacial score (nSPS) is 20.4. The third-order valence-corrected chi connectivity index (χ3v) is 4.55. The third-order valence-electron chi connectivity index (χ3n) is 4.55. The number of likely N-dealkylation sites (tertiary alicyclic amines) is 1. The Morgan fingerprint density at radius 3 is 2.57 bits per heavy atom. The summed E-state index contributed by atoms with van der Waals surface area (Å²) in [6.07, 6.45) is 5.32. The van der Waals surface area contributed by atoms with Crippen LogP contribution in [0.5, 0.6) is 0 Å². The summed E-state index contributed by atoms with van der Waals surface area (Å²) in [5, 5.41) is 3.25. The van der Waals surface area contributed by atoms with Crippen molar-refractivity contribution >= 4 is 11.6 Å². The van der Waals surface area contributed by atoms with E-state index in [1.54, 1.807) is 0 Å². The molecular formula is C17H25N3O. The summed E-state index contributed by atoms with van der Waals surface area (Å²) in [7, 11) is 0. The molecule has 0 aliphatic carbocycles. The number of carbonyl (C=O) groups is 1. The van der Waals surface area contributed by atoms with E-state index in [-0.39, 0.29) is 5.91 Å². The van der Waals surface area contributed by atoms with Crippen molar-refractivity contribution in [3.63, 3.8) is 0 Å². The number of hydrogen-bond donors (Lipinski definition) is 1. The Hall–Kier alpha value is -1.55. The number of rotatable bonds is 3. The first-order valence-electron chi connectivity index (χ1n) is 8.15. The molecule has 0 radical (unpaired) electrons. The molecule has 3 rings (SSSR count). The molecule has 0 unspecified atom stereocenters. The Balaban J connectivity index is 1.60. The number of hydrogen-bond acceptors (Lipinski definition) is 3. The van der Waals surface area contributed by atoms with Crippen LogP contribution in [-0.4, -0.2) is 48.4 Å². The Bertz CT molecular complexity index is 481. The molecule has 1 amide bonds. The molecule has 0 saturated carbocycles. The van der Waals surface area contributed by atoms with E-state index < -0.39 is 0 Å². The van der Waals surface area contributed by atoms with E-state index in [9.17, 15) is 4.79 Å². The number of anilines is 1. The predicted octanol–water partition coefficient (Wildman–Crippen LogP) is 2.32. The van der Waals surface area contributed by atoms with Gasteiger partial charge in [-0.2, -0.15) is 0 Å². The van der Waals surface area contributed by atoms with Crippen LogP contribution in [0, 0.1) is 0 Å². The van der Waals surface area contributed by atoms with Gasteiger partial charge in [0.2, 0.25) is 5.91 Å². The quantitative estimate of drug-likeness (QED) is 0.926. The molecule has 0 bridgehead atoms. The second kappa shape index (κ2) is 6.94. The van der Waals surface area contributed by atoms with Crippen LogP contribution >= 0.6 is 0 Å². The van der Waals surface area contributed by atoms with Crippen LogP contribution in [0.3, 0.4) is 0 Å². The van der Waals surface area contributed by atoms with Gasteiger partial charge in [-0.1, -0.05) is 31.0 Å². The van der Waals surface area contributed by atoms with Gasteiger partial charge in [-0.05, 0) is 37.6 Å². The second-order valence-corrected chi connectivity index (χ2v) is 6.08. The maximum atomic E-state index is 12.3. The van der Waals surface area contributed by atoms with Crippen molar-refractivity contribution in [2.75, 3.05) is 38.0 Å². The van der Waals surface area contributed by atoms with E-state index >= 15 is 0 Å². The molecule has 0 aromatic heterocycles. The maximum Gasteiger partial charge on any atom is 0.242 e. The first kappa shape index (κ1) is 14.4. The Kier molecular flexibility index (Phi) is 4.76. The highest BCUT2D eigenvalue weighted by molar-refractivity contribution is 5.82. The van der Waals surface area contributed by atoms with Gasteiger partial charge in [0.05, 0.1) is 6.54 Å². The molecule has 1 fully saturated rings. The predicted molar refractivity (Wildman–Crippen MR) is 85.3 cm³/mol. The summed E-state index contributed by atoms with van der Waals surface area (Å²) in [6, 6.07) is 8.23. The van der Waals surface area contributed by atoms with Gasteiger partial charge in [0.15, 0.2) is 0 Å². The van der Waals surface area contributed by atoms with Crippen LogP contribution in [0.25, 0.3) is 0 Å². The fourth-order valence-corrected chi connectivity index (χ4v) is 3.23. The van der Waals surface area contributed by atoms with Gasteiger partial charge in [0.1, 0.15) is 0 Å². The molecule has 1 aromatic rings. The van der Waals surface area contributed by atoms with Crippen LogP contribution in [0.15, 0.2) is 24.3 Å². The standard InChI is InChI=1S/C17H25N3O/c21-17-13-18-16-8-4-3-7-15(16)14-20(17)12-11-19-9-5-1-2-6-10-19/h3-4,7-8,18H,1-2,5-6,9-14H2. The topological polar surface area (TPSA) is 35.6 Å². The minimum atomic E-state index is 0.209. The number of amides is 1. The van der Waals surface area contributed by atoms with E-state index in [1.165, 1.54) is 44.3 Å². The van der Waals surface area contributed by atoms with Crippen molar-refractivity contribution in [2.45, 2.75) is 32.2 Å². The first-order chi connectivity index (χ1) is 10.3. The molecule has 1 N–H and O–H groups in total. The first-order valence-corrected chi connectivity index (χ1v) is 8.15. The molecule has 0 atom stereocenters. The van der Waals surface area contributed by atoms with E-state index in [1.807, 2.05) is 17.0 Å². The number of benzene rings is 1. The number of nitrogens with one attached hydrogen (secondary N) is 1. The average Bonchev–Trinajstić information content (AvgIpc) is 2.85.